The fourth-order valence-corrected chi connectivity index (χ4v) is 1.44. The lowest BCUT2D eigenvalue weighted by Crippen LogP contribution is -2.33. The maximum atomic E-state index is 11.9. The van der Waals surface area contributed by atoms with Gasteiger partial charge in [0, 0.05) is 19.3 Å². The Balaban J connectivity index is 2.88. The van der Waals surface area contributed by atoms with Crippen LogP contribution in [0, 0.1) is 0 Å². The summed E-state index contributed by atoms with van der Waals surface area (Å²) in [5.41, 5.74) is 0.370. The topological polar surface area (TPSA) is 53.4 Å². The van der Waals surface area contributed by atoms with Gasteiger partial charge in [-0.05, 0) is 19.1 Å². The zero-order chi connectivity index (χ0) is 11.3. The van der Waals surface area contributed by atoms with Gasteiger partial charge in [0.25, 0.3) is 5.91 Å². The number of carbonyl (C=O) groups is 1. The van der Waals surface area contributed by atoms with E-state index in [1.165, 1.54) is 11.1 Å². The molecule has 0 aliphatic heterocycles. The number of aliphatic hydroxyl groups excluding tert-OH is 1. The fourth-order valence-electron chi connectivity index (χ4n) is 1.24. The largest absolute Gasteiger partial charge is 0.395 e. The Morgan fingerprint density at radius 3 is 2.93 bits per heavy atom. The van der Waals surface area contributed by atoms with Gasteiger partial charge >= 0.3 is 0 Å². The molecule has 1 heterocycles. The van der Waals surface area contributed by atoms with Gasteiger partial charge in [0.2, 0.25) is 0 Å². The molecule has 1 aromatic heterocycles. The zero-order valence-corrected chi connectivity index (χ0v) is 9.24. The average Bonchev–Trinajstić information content (AvgIpc) is 2.25. The summed E-state index contributed by atoms with van der Waals surface area (Å²) in [6, 6.07) is 3.28. The fraction of sp³-hybridized carbons (Fsp3) is 0.400. The molecule has 1 N–H and O–H groups in total. The summed E-state index contributed by atoms with van der Waals surface area (Å²) in [6.45, 7) is 2.63. The number of nitrogens with zero attached hydrogens (tertiary/aromatic N) is 2. The summed E-state index contributed by atoms with van der Waals surface area (Å²) in [5, 5.41) is 8.98. The highest BCUT2D eigenvalue weighted by Gasteiger charge is 2.16. The number of hydrogen-bond donors (Lipinski definition) is 1. The van der Waals surface area contributed by atoms with Crippen molar-refractivity contribution in [3.63, 3.8) is 0 Å². The van der Waals surface area contributed by atoms with Crippen molar-refractivity contribution in [3.8, 4) is 0 Å². The second-order valence-electron chi connectivity index (χ2n) is 2.95. The van der Waals surface area contributed by atoms with Crippen LogP contribution >= 0.6 is 11.6 Å². The van der Waals surface area contributed by atoms with Crippen LogP contribution < -0.4 is 0 Å². The number of aliphatic hydroxyl groups is 1. The van der Waals surface area contributed by atoms with Crippen molar-refractivity contribution in [2.24, 2.45) is 0 Å². The number of hydrogen-bond acceptors (Lipinski definition) is 3. The Kier molecular flexibility index (Phi) is 4.52. The average molecular weight is 229 g/mol. The molecule has 0 aliphatic rings. The predicted octanol–water partition coefficient (Wildman–Crippen LogP) is 1.19. The molecular formula is C10H13ClN2O2. The van der Waals surface area contributed by atoms with Crippen molar-refractivity contribution in [1.29, 1.82) is 0 Å². The number of aromatic nitrogens is 1. The zero-order valence-electron chi connectivity index (χ0n) is 8.48. The molecule has 1 aromatic rings. The molecule has 4 nitrogen and oxygen atoms in total. The summed E-state index contributed by atoms with van der Waals surface area (Å²) in [6.07, 6.45) is 1.53. The molecule has 0 saturated heterocycles. The molecule has 0 unspecified atom stereocenters. The summed E-state index contributed by atoms with van der Waals surface area (Å²) < 4.78 is 0. The van der Waals surface area contributed by atoms with Gasteiger partial charge in [-0.2, -0.15) is 0 Å². The monoisotopic (exact) mass is 228 g/mol. The standard InChI is InChI=1S/C10H13ClN2O2/c1-2-13(6-7-14)10(15)8-4-3-5-12-9(8)11/h3-5,14H,2,6-7H2,1H3. The molecule has 0 fully saturated rings. The second-order valence-corrected chi connectivity index (χ2v) is 3.31. The van der Waals surface area contributed by atoms with Crippen LogP contribution in [-0.2, 0) is 0 Å². The van der Waals surface area contributed by atoms with Crippen molar-refractivity contribution in [3.05, 3.63) is 29.0 Å². The van der Waals surface area contributed by atoms with Gasteiger partial charge in [-0.3, -0.25) is 4.79 Å². The van der Waals surface area contributed by atoms with Gasteiger partial charge in [-0.15, -0.1) is 0 Å². The Hall–Kier alpha value is -1.13. The smallest absolute Gasteiger partial charge is 0.257 e. The van der Waals surface area contributed by atoms with E-state index in [2.05, 4.69) is 4.98 Å². The third-order valence-electron chi connectivity index (χ3n) is 2.03. The highest BCUT2D eigenvalue weighted by molar-refractivity contribution is 6.32. The van der Waals surface area contributed by atoms with E-state index in [1.807, 2.05) is 6.92 Å². The maximum Gasteiger partial charge on any atom is 0.257 e. The van der Waals surface area contributed by atoms with Crippen molar-refractivity contribution >= 4 is 17.5 Å². The summed E-state index contributed by atoms with van der Waals surface area (Å²) >= 11 is 5.80. The van der Waals surface area contributed by atoms with Crippen LogP contribution in [0.15, 0.2) is 18.3 Å². The van der Waals surface area contributed by atoms with Crippen LogP contribution in [0.1, 0.15) is 17.3 Å². The Morgan fingerprint density at radius 1 is 1.67 bits per heavy atom. The lowest BCUT2D eigenvalue weighted by atomic mass is 10.2. The van der Waals surface area contributed by atoms with Crippen LogP contribution in [0.5, 0.6) is 0 Å². The minimum atomic E-state index is -0.204. The lowest BCUT2D eigenvalue weighted by Gasteiger charge is -2.19. The first kappa shape index (κ1) is 11.9. The minimum Gasteiger partial charge on any atom is -0.395 e. The first-order valence-corrected chi connectivity index (χ1v) is 5.09. The molecular weight excluding hydrogens is 216 g/mol. The molecule has 15 heavy (non-hydrogen) atoms. The number of amides is 1. The predicted molar refractivity (Wildman–Crippen MR) is 57.9 cm³/mol. The van der Waals surface area contributed by atoms with Gasteiger partial charge in [0.1, 0.15) is 5.15 Å². The molecule has 1 rings (SSSR count). The Bertz CT molecular complexity index is 344. The first-order chi connectivity index (χ1) is 7.20. The molecule has 0 bridgehead atoms. The molecule has 0 atom stereocenters. The maximum absolute atomic E-state index is 11.9. The van der Waals surface area contributed by atoms with Crippen LogP contribution in [0.3, 0.4) is 0 Å². The molecule has 0 spiro atoms. The van der Waals surface area contributed by atoms with Gasteiger partial charge in [0.15, 0.2) is 0 Å². The quantitative estimate of drug-likeness (QED) is 0.788. The lowest BCUT2D eigenvalue weighted by molar-refractivity contribution is 0.0732. The normalized spacial score (nSPS) is 10.1. The molecule has 0 aromatic carbocycles. The minimum absolute atomic E-state index is 0.0581. The van der Waals surface area contributed by atoms with Gasteiger partial charge in [-0.25, -0.2) is 4.98 Å². The second kappa shape index (κ2) is 5.68. The van der Waals surface area contributed by atoms with Crippen molar-refractivity contribution in [2.75, 3.05) is 19.7 Å². The summed E-state index contributed by atoms with van der Waals surface area (Å²) in [4.78, 5) is 17.2. The number of halogens is 1. The summed E-state index contributed by atoms with van der Waals surface area (Å²) in [5.74, 6) is -0.204. The molecule has 0 saturated carbocycles. The SMILES string of the molecule is CCN(CCO)C(=O)c1cccnc1Cl. The highest BCUT2D eigenvalue weighted by Crippen LogP contribution is 2.13. The van der Waals surface area contributed by atoms with Crippen molar-refractivity contribution in [2.45, 2.75) is 6.92 Å². The third-order valence-corrected chi connectivity index (χ3v) is 2.33. The van der Waals surface area contributed by atoms with Gasteiger partial charge < -0.3 is 10.0 Å². The van der Waals surface area contributed by atoms with Crippen molar-refractivity contribution in [1.82, 2.24) is 9.88 Å². The van der Waals surface area contributed by atoms with Gasteiger partial charge in [0.05, 0.1) is 12.2 Å². The first-order valence-electron chi connectivity index (χ1n) is 4.71. The van der Waals surface area contributed by atoms with Crippen LogP contribution in [0.4, 0.5) is 0 Å². The molecule has 5 heteroatoms. The number of rotatable bonds is 4. The molecule has 0 aliphatic carbocycles. The molecule has 0 radical (unpaired) electrons. The number of carbonyl (C=O) groups excluding carboxylic acids is 1. The Labute approximate surface area is 93.5 Å². The molecule has 1 amide bonds. The van der Waals surface area contributed by atoms with Crippen LogP contribution in [0.25, 0.3) is 0 Å². The summed E-state index contributed by atoms with van der Waals surface area (Å²) in [7, 11) is 0. The Morgan fingerprint density at radius 2 is 2.40 bits per heavy atom. The third kappa shape index (κ3) is 2.91. The van der Waals surface area contributed by atoms with E-state index in [4.69, 9.17) is 16.7 Å². The van der Waals surface area contributed by atoms with E-state index in [0.717, 1.165) is 0 Å². The molecule has 82 valence electrons. The van der Waals surface area contributed by atoms with E-state index in [9.17, 15) is 4.79 Å². The van der Waals surface area contributed by atoms with Crippen molar-refractivity contribution < 1.29 is 9.90 Å². The van der Waals surface area contributed by atoms with E-state index in [1.54, 1.807) is 12.1 Å². The van der Waals surface area contributed by atoms with E-state index >= 15 is 0 Å². The van der Waals surface area contributed by atoms with E-state index in [0.29, 0.717) is 18.7 Å². The van der Waals surface area contributed by atoms with Crippen LogP contribution in [0.2, 0.25) is 5.15 Å². The van der Waals surface area contributed by atoms with Crippen LogP contribution in [-0.4, -0.2) is 40.6 Å². The van der Waals surface area contributed by atoms with E-state index < -0.39 is 0 Å². The van der Waals surface area contributed by atoms with Gasteiger partial charge in [-0.1, -0.05) is 11.6 Å². The highest BCUT2D eigenvalue weighted by atomic mass is 35.5. The van der Waals surface area contributed by atoms with E-state index in [-0.39, 0.29) is 17.7 Å². The number of pyridine rings is 1. The number of likely N-dealkylation sites (N-methyl/N-ethyl adjacent to an activating group) is 1.